The maximum Gasteiger partial charge on any atom is 0.169 e. The summed E-state index contributed by atoms with van der Waals surface area (Å²) in [6.45, 7) is 4.00. The minimum Gasteiger partial charge on any atom is -0.356 e. The second kappa shape index (κ2) is 7.00. The molecule has 0 saturated carbocycles. The van der Waals surface area contributed by atoms with E-state index in [-0.39, 0.29) is 12.2 Å². The molecule has 0 aromatic heterocycles. The smallest absolute Gasteiger partial charge is 0.169 e. The van der Waals surface area contributed by atoms with Crippen LogP contribution >= 0.6 is 0 Å². The van der Waals surface area contributed by atoms with Crippen LogP contribution in [0.25, 0.3) is 0 Å². The Labute approximate surface area is 79.2 Å². The van der Waals surface area contributed by atoms with Gasteiger partial charge in [-0.2, -0.15) is 0 Å². The van der Waals surface area contributed by atoms with E-state index < -0.39 is 6.29 Å². The van der Waals surface area contributed by atoms with Crippen molar-refractivity contribution in [1.29, 1.82) is 0 Å². The largest absolute Gasteiger partial charge is 0.356 e. The van der Waals surface area contributed by atoms with Crippen LogP contribution < -0.4 is 0 Å². The Hall–Kier alpha value is -0.450. The van der Waals surface area contributed by atoms with Gasteiger partial charge in [-0.3, -0.25) is 0 Å². The van der Waals surface area contributed by atoms with Crippen molar-refractivity contribution in [3.05, 3.63) is 0 Å². The fourth-order valence-electron chi connectivity index (χ4n) is 1.14. The fourth-order valence-corrected chi connectivity index (χ4v) is 1.14. The van der Waals surface area contributed by atoms with Crippen molar-refractivity contribution in [3.8, 4) is 0 Å². The van der Waals surface area contributed by atoms with Crippen molar-refractivity contribution in [2.45, 2.75) is 32.8 Å². The van der Waals surface area contributed by atoms with Crippen molar-refractivity contribution >= 4 is 6.29 Å². The Balaban J connectivity index is 0.000000671. The van der Waals surface area contributed by atoms with Crippen molar-refractivity contribution in [3.63, 3.8) is 0 Å². The van der Waals surface area contributed by atoms with Crippen LogP contribution in [0, 0.1) is 5.92 Å². The number of aldehydes is 1. The van der Waals surface area contributed by atoms with E-state index in [1.165, 1.54) is 7.11 Å². The van der Waals surface area contributed by atoms with Crippen molar-refractivity contribution in [2.75, 3.05) is 14.2 Å². The first-order chi connectivity index (χ1) is 6.31. The topological polar surface area (TPSA) is 44.8 Å². The summed E-state index contributed by atoms with van der Waals surface area (Å²) in [5.41, 5.74) is 0. The van der Waals surface area contributed by atoms with Gasteiger partial charge in [0.15, 0.2) is 12.6 Å². The van der Waals surface area contributed by atoms with E-state index in [9.17, 15) is 4.79 Å². The zero-order chi connectivity index (χ0) is 10.3. The molecular weight excluding hydrogens is 172 g/mol. The van der Waals surface area contributed by atoms with Gasteiger partial charge in [-0.05, 0) is 0 Å². The highest BCUT2D eigenvalue weighted by molar-refractivity contribution is 5.54. The third-order valence-electron chi connectivity index (χ3n) is 1.77. The maximum absolute atomic E-state index is 10.4. The number of carbonyl (C=O) groups excluding carboxylic acids is 1. The summed E-state index contributed by atoms with van der Waals surface area (Å²) < 4.78 is 15.0. The molecule has 13 heavy (non-hydrogen) atoms. The summed E-state index contributed by atoms with van der Waals surface area (Å²) in [6, 6.07) is 0. The van der Waals surface area contributed by atoms with Gasteiger partial charge in [0.25, 0.3) is 0 Å². The first kappa shape index (κ1) is 12.6. The third-order valence-corrected chi connectivity index (χ3v) is 1.77. The highest BCUT2D eigenvalue weighted by Gasteiger charge is 2.34. The van der Waals surface area contributed by atoms with E-state index in [4.69, 9.17) is 14.2 Å². The van der Waals surface area contributed by atoms with E-state index in [0.717, 1.165) is 6.29 Å². The highest BCUT2D eigenvalue weighted by Crippen LogP contribution is 2.25. The molecule has 1 fully saturated rings. The van der Waals surface area contributed by atoms with Crippen LogP contribution in [0.2, 0.25) is 0 Å². The third kappa shape index (κ3) is 3.42. The molecule has 1 rings (SSSR count). The van der Waals surface area contributed by atoms with Gasteiger partial charge in [0.05, 0.1) is 5.92 Å². The number of hydrogen-bond donors (Lipinski definition) is 0. The lowest BCUT2D eigenvalue weighted by atomic mass is 10.1. The van der Waals surface area contributed by atoms with Crippen LogP contribution in [-0.2, 0) is 19.0 Å². The molecule has 4 nitrogen and oxygen atoms in total. The lowest BCUT2D eigenvalue weighted by molar-refractivity contribution is -0.192. The van der Waals surface area contributed by atoms with Gasteiger partial charge in [-0.25, -0.2) is 0 Å². The molecule has 4 heteroatoms. The van der Waals surface area contributed by atoms with E-state index in [2.05, 4.69) is 0 Å². The number of ether oxygens (including phenoxy) is 3. The maximum atomic E-state index is 10.4. The molecule has 0 spiro atoms. The molecular formula is C9H18O4. The molecule has 3 unspecified atom stereocenters. The number of methoxy groups -OCH3 is 2. The Morgan fingerprint density at radius 1 is 1.31 bits per heavy atom. The summed E-state index contributed by atoms with van der Waals surface area (Å²) in [4.78, 5) is 10.4. The average molecular weight is 190 g/mol. The monoisotopic (exact) mass is 190 g/mol. The molecule has 78 valence electrons. The number of hydrogen-bond acceptors (Lipinski definition) is 4. The molecule has 0 amide bonds. The van der Waals surface area contributed by atoms with E-state index >= 15 is 0 Å². The van der Waals surface area contributed by atoms with E-state index in [1.807, 2.05) is 13.8 Å². The summed E-state index contributed by atoms with van der Waals surface area (Å²) in [5.74, 6) is -0.190. The van der Waals surface area contributed by atoms with Gasteiger partial charge in [0.1, 0.15) is 6.29 Å². The highest BCUT2D eigenvalue weighted by atomic mass is 16.8. The standard InChI is InChI=1S/C7H12O4.C2H6/c1-9-6-3-5(4-8)7(10-2)11-6;1-2/h4-7H,3H2,1-2H3;1-2H3. The number of rotatable bonds is 3. The van der Waals surface area contributed by atoms with Gasteiger partial charge in [0.2, 0.25) is 0 Å². The first-order valence-electron chi connectivity index (χ1n) is 4.48. The molecule has 0 radical (unpaired) electrons. The van der Waals surface area contributed by atoms with Crippen LogP contribution in [0.5, 0.6) is 0 Å². The lowest BCUT2D eigenvalue weighted by Crippen LogP contribution is -2.19. The molecule has 1 aliphatic rings. The summed E-state index contributed by atoms with van der Waals surface area (Å²) >= 11 is 0. The predicted molar refractivity (Wildman–Crippen MR) is 48.2 cm³/mol. The van der Waals surface area contributed by atoms with E-state index in [0.29, 0.717) is 6.42 Å². The van der Waals surface area contributed by atoms with Crippen LogP contribution in [0.4, 0.5) is 0 Å². The van der Waals surface area contributed by atoms with Crippen LogP contribution in [0.1, 0.15) is 20.3 Å². The Morgan fingerprint density at radius 3 is 2.23 bits per heavy atom. The summed E-state index contributed by atoms with van der Waals surface area (Å²) in [7, 11) is 3.06. The Kier molecular flexibility index (Phi) is 6.76. The minimum absolute atomic E-state index is 0.190. The second-order valence-corrected chi connectivity index (χ2v) is 2.44. The lowest BCUT2D eigenvalue weighted by Gasteiger charge is -2.11. The molecule has 0 aromatic rings. The molecule has 0 aliphatic carbocycles. The SMILES string of the molecule is CC.COC1CC(C=O)C(OC)O1. The first-order valence-corrected chi connectivity index (χ1v) is 4.48. The zero-order valence-electron chi connectivity index (χ0n) is 8.65. The zero-order valence-corrected chi connectivity index (χ0v) is 8.65. The minimum atomic E-state index is -0.433. The van der Waals surface area contributed by atoms with Crippen LogP contribution in [0.15, 0.2) is 0 Å². The van der Waals surface area contributed by atoms with Crippen LogP contribution in [-0.4, -0.2) is 33.1 Å². The van der Waals surface area contributed by atoms with Gasteiger partial charge in [-0.1, -0.05) is 13.8 Å². The molecule has 1 saturated heterocycles. The molecule has 0 bridgehead atoms. The van der Waals surface area contributed by atoms with Gasteiger partial charge in [-0.15, -0.1) is 0 Å². The summed E-state index contributed by atoms with van der Waals surface area (Å²) in [5, 5.41) is 0. The molecule has 3 atom stereocenters. The number of carbonyl (C=O) groups is 1. The molecule has 1 heterocycles. The summed E-state index contributed by atoms with van der Waals surface area (Å²) in [6.07, 6.45) is 0.693. The Bertz CT molecular complexity index is 138. The van der Waals surface area contributed by atoms with Gasteiger partial charge >= 0.3 is 0 Å². The fraction of sp³-hybridized carbons (Fsp3) is 0.889. The second-order valence-electron chi connectivity index (χ2n) is 2.44. The van der Waals surface area contributed by atoms with E-state index in [1.54, 1.807) is 7.11 Å². The van der Waals surface area contributed by atoms with Crippen molar-refractivity contribution in [2.24, 2.45) is 5.92 Å². The van der Waals surface area contributed by atoms with Crippen molar-refractivity contribution in [1.82, 2.24) is 0 Å². The normalized spacial score (nSPS) is 32.2. The molecule has 0 aromatic carbocycles. The predicted octanol–water partition coefficient (Wildman–Crippen LogP) is 1.19. The molecule has 1 aliphatic heterocycles. The average Bonchev–Trinajstić information content (AvgIpc) is 2.63. The van der Waals surface area contributed by atoms with Gasteiger partial charge < -0.3 is 19.0 Å². The molecule has 0 N–H and O–H groups in total. The Morgan fingerprint density at radius 2 is 1.92 bits per heavy atom. The van der Waals surface area contributed by atoms with Crippen molar-refractivity contribution < 1.29 is 19.0 Å². The quantitative estimate of drug-likeness (QED) is 0.627. The van der Waals surface area contributed by atoms with Crippen LogP contribution in [0.3, 0.4) is 0 Å². The van der Waals surface area contributed by atoms with Gasteiger partial charge in [0, 0.05) is 20.6 Å².